The van der Waals surface area contributed by atoms with E-state index in [1.807, 2.05) is 24.3 Å². The topological polar surface area (TPSA) is 105 Å². The Labute approximate surface area is 191 Å². The molecule has 0 spiro atoms. The van der Waals surface area contributed by atoms with Crippen LogP contribution in [0, 0.1) is 0 Å². The number of halogens is 1. The first-order chi connectivity index (χ1) is 15.2. The van der Waals surface area contributed by atoms with Crippen molar-refractivity contribution >= 4 is 44.8 Å². The van der Waals surface area contributed by atoms with Crippen LogP contribution in [0.15, 0.2) is 41.3 Å². The van der Waals surface area contributed by atoms with Crippen LogP contribution in [0.3, 0.4) is 0 Å². The number of amides is 2. The summed E-state index contributed by atoms with van der Waals surface area (Å²) in [5.41, 5.74) is 2.07. The molecular weight excluding hydrogens is 454 g/mol. The van der Waals surface area contributed by atoms with Crippen LogP contribution in [0.1, 0.15) is 38.2 Å². The Hall–Kier alpha value is -2.62. The summed E-state index contributed by atoms with van der Waals surface area (Å²) >= 11 is 6.26. The molecule has 2 N–H and O–H groups in total. The highest BCUT2D eigenvalue weighted by Crippen LogP contribution is 2.38. The van der Waals surface area contributed by atoms with Gasteiger partial charge in [0.25, 0.3) is 5.91 Å². The van der Waals surface area contributed by atoms with Gasteiger partial charge in [-0.05, 0) is 42.5 Å². The second kappa shape index (κ2) is 8.73. The zero-order chi connectivity index (χ0) is 23.0. The molecule has 1 atom stereocenters. The average molecular weight is 478 g/mol. The van der Waals surface area contributed by atoms with E-state index < -0.39 is 16.1 Å². The largest absolute Gasteiger partial charge is 0.482 e. The highest BCUT2D eigenvalue weighted by atomic mass is 35.5. The van der Waals surface area contributed by atoms with E-state index in [2.05, 4.69) is 24.5 Å². The number of rotatable bonds is 5. The smallest absolute Gasteiger partial charge is 0.262 e. The number of ether oxygens (including phenoxy) is 1. The summed E-state index contributed by atoms with van der Waals surface area (Å²) < 4.78 is 33.3. The van der Waals surface area contributed by atoms with Gasteiger partial charge in [0, 0.05) is 18.3 Å². The van der Waals surface area contributed by atoms with Crippen LogP contribution < -0.4 is 15.4 Å². The van der Waals surface area contributed by atoms with Crippen molar-refractivity contribution in [2.24, 2.45) is 0 Å². The lowest BCUT2D eigenvalue weighted by Crippen LogP contribution is -2.43. The van der Waals surface area contributed by atoms with Gasteiger partial charge < -0.3 is 15.4 Å². The predicted octanol–water partition coefficient (Wildman–Crippen LogP) is 3.59. The van der Waals surface area contributed by atoms with Crippen LogP contribution in [0.2, 0.25) is 5.02 Å². The highest BCUT2D eigenvalue weighted by molar-refractivity contribution is 7.89. The van der Waals surface area contributed by atoms with Crippen LogP contribution in [0.25, 0.3) is 0 Å². The molecule has 1 unspecified atom stereocenters. The molecule has 0 saturated carbocycles. The zero-order valence-electron chi connectivity index (χ0n) is 17.7. The van der Waals surface area contributed by atoms with Gasteiger partial charge in [-0.3, -0.25) is 9.59 Å². The Morgan fingerprint density at radius 2 is 1.97 bits per heavy atom. The minimum atomic E-state index is -4.07. The van der Waals surface area contributed by atoms with Crippen LogP contribution >= 0.6 is 11.6 Å². The van der Waals surface area contributed by atoms with Gasteiger partial charge in [0.15, 0.2) is 6.61 Å². The van der Waals surface area contributed by atoms with Crippen molar-refractivity contribution in [2.45, 2.75) is 43.5 Å². The van der Waals surface area contributed by atoms with Gasteiger partial charge in [-0.2, -0.15) is 4.31 Å². The fraction of sp³-hybridized carbons (Fsp3) is 0.364. The minimum absolute atomic E-state index is 0.0510. The van der Waals surface area contributed by atoms with E-state index in [4.69, 9.17) is 16.3 Å². The second-order valence-corrected chi connectivity index (χ2v) is 10.4. The van der Waals surface area contributed by atoms with Gasteiger partial charge in [-0.15, -0.1) is 0 Å². The molecule has 2 aromatic rings. The number of carbonyl (C=O) groups excluding carboxylic acids is 2. The van der Waals surface area contributed by atoms with Crippen LogP contribution in [-0.2, 0) is 19.6 Å². The molecule has 0 radical (unpaired) electrons. The lowest BCUT2D eigenvalue weighted by atomic mass is 10.0. The van der Waals surface area contributed by atoms with E-state index in [-0.39, 0.29) is 40.6 Å². The molecule has 170 valence electrons. The fourth-order valence-corrected chi connectivity index (χ4v) is 6.05. The summed E-state index contributed by atoms with van der Waals surface area (Å²) in [5.74, 6) is -0.144. The molecule has 2 aromatic carbocycles. The molecule has 2 aliphatic heterocycles. The molecule has 8 nitrogen and oxygen atoms in total. The summed E-state index contributed by atoms with van der Waals surface area (Å²) in [7, 11) is -4.07. The summed E-state index contributed by atoms with van der Waals surface area (Å²) in [5, 5.41) is 5.36. The van der Waals surface area contributed by atoms with E-state index in [0.717, 1.165) is 5.56 Å². The molecule has 1 fully saturated rings. The fourth-order valence-electron chi connectivity index (χ4n) is 3.87. The van der Waals surface area contributed by atoms with Crippen LogP contribution in [0.5, 0.6) is 5.75 Å². The Bertz CT molecular complexity index is 1160. The van der Waals surface area contributed by atoms with Crippen molar-refractivity contribution in [1.82, 2.24) is 4.31 Å². The average Bonchev–Trinajstić information content (AvgIpc) is 3.24. The molecule has 0 bridgehead atoms. The monoisotopic (exact) mass is 477 g/mol. The number of sulfonamides is 1. The summed E-state index contributed by atoms with van der Waals surface area (Å²) in [4.78, 5) is 24.3. The van der Waals surface area contributed by atoms with E-state index >= 15 is 0 Å². The maximum absolute atomic E-state index is 13.4. The van der Waals surface area contributed by atoms with Gasteiger partial charge in [0.1, 0.15) is 16.7 Å². The van der Waals surface area contributed by atoms with Crippen molar-refractivity contribution in [3.63, 3.8) is 0 Å². The first-order valence-corrected chi connectivity index (χ1v) is 12.2. The second-order valence-electron chi connectivity index (χ2n) is 8.16. The lowest BCUT2D eigenvalue weighted by molar-refractivity contribution is -0.119. The molecular formula is C22H24ClN3O5S. The zero-order valence-corrected chi connectivity index (χ0v) is 19.3. The first-order valence-electron chi connectivity index (χ1n) is 10.4. The van der Waals surface area contributed by atoms with Crippen LogP contribution in [-0.4, -0.2) is 43.7 Å². The highest BCUT2D eigenvalue weighted by Gasteiger charge is 2.41. The van der Waals surface area contributed by atoms with Gasteiger partial charge in [0.2, 0.25) is 15.9 Å². The quantitative estimate of drug-likeness (QED) is 0.684. The van der Waals surface area contributed by atoms with E-state index in [0.29, 0.717) is 30.1 Å². The Balaban J connectivity index is 1.57. The number of fused-ring (bicyclic) bond motifs is 1. The third-order valence-electron chi connectivity index (χ3n) is 5.60. The molecule has 10 heteroatoms. The lowest BCUT2D eigenvalue weighted by Gasteiger charge is -2.25. The molecule has 2 amide bonds. The van der Waals surface area contributed by atoms with Crippen molar-refractivity contribution in [3.05, 3.63) is 47.0 Å². The molecule has 4 rings (SSSR count). The molecule has 0 aliphatic carbocycles. The summed E-state index contributed by atoms with van der Waals surface area (Å²) in [6.07, 6.45) is 0.961. The van der Waals surface area contributed by atoms with Crippen molar-refractivity contribution in [2.75, 3.05) is 23.8 Å². The summed E-state index contributed by atoms with van der Waals surface area (Å²) in [6, 6.07) is 9.30. The van der Waals surface area contributed by atoms with Gasteiger partial charge in [-0.1, -0.05) is 37.6 Å². The molecule has 0 aromatic heterocycles. The summed E-state index contributed by atoms with van der Waals surface area (Å²) in [6.45, 7) is 4.16. The number of hydrogen-bond donors (Lipinski definition) is 2. The Morgan fingerprint density at radius 3 is 2.66 bits per heavy atom. The Morgan fingerprint density at radius 1 is 1.25 bits per heavy atom. The molecule has 1 saturated heterocycles. The number of carbonyl (C=O) groups is 2. The molecule has 2 aliphatic rings. The number of nitrogens with one attached hydrogen (secondary N) is 2. The van der Waals surface area contributed by atoms with Gasteiger partial charge in [0.05, 0.1) is 10.7 Å². The number of benzene rings is 2. The molecule has 32 heavy (non-hydrogen) atoms. The first kappa shape index (κ1) is 22.6. The third kappa shape index (κ3) is 4.32. The van der Waals surface area contributed by atoms with Crippen molar-refractivity contribution < 1.29 is 22.7 Å². The number of hydrogen-bond acceptors (Lipinski definition) is 5. The van der Waals surface area contributed by atoms with Gasteiger partial charge >= 0.3 is 0 Å². The maximum atomic E-state index is 13.4. The maximum Gasteiger partial charge on any atom is 0.262 e. The number of nitrogens with zero attached hydrogens (tertiary/aromatic N) is 1. The predicted molar refractivity (Wildman–Crippen MR) is 122 cm³/mol. The Kier molecular flexibility index (Phi) is 6.15. The standard InChI is InChI=1S/C22H24ClN3O5S/c1-13(2)14-5-7-15(8-6-14)24-22(28)18-4-3-9-26(18)32(29,30)20-11-19-17(10-16(20)23)25-21(27)12-31-19/h5-8,10-11,13,18H,3-4,9,12H2,1-2H3,(H,24,28)(H,25,27). The SMILES string of the molecule is CC(C)c1ccc(NC(=O)C2CCCN2S(=O)(=O)c2cc3c(cc2Cl)NC(=O)CO3)cc1. The van der Waals surface area contributed by atoms with Crippen molar-refractivity contribution in [1.29, 1.82) is 0 Å². The molecule has 2 heterocycles. The minimum Gasteiger partial charge on any atom is -0.482 e. The third-order valence-corrected chi connectivity index (χ3v) is 7.98. The van der Waals surface area contributed by atoms with Crippen LogP contribution in [0.4, 0.5) is 11.4 Å². The normalized spacial score (nSPS) is 18.8. The van der Waals surface area contributed by atoms with E-state index in [1.54, 1.807) is 0 Å². The number of anilines is 2. The van der Waals surface area contributed by atoms with Crippen molar-refractivity contribution in [3.8, 4) is 5.75 Å². The van der Waals surface area contributed by atoms with Gasteiger partial charge in [-0.25, -0.2) is 8.42 Å². The van der Waals surface area contributed by atoms with E-state index in [1.165, 1.54) is 16.4 Å². The van der Waals surface area contributed by atoms with E-state index in [9.17, 15) is 18.0 Å².